The lowest BCUT2D eigenvalue weighted by Gasteiger charge is -2.34. The molecule has 1 aliphatic carbocycles. The van der Waals surface area contributed by atoms with Crippen molar-refractivity contribution < 1.29 is 18.9 Å². The molecule has 0 atom stereocenters. The van der Waals surface area contributed by atoms with Gasteiger partial charge in [0.1, 0.15) is 0 Å². The molecule has 0 saturated carbocycles. The van der Waals surface area contributed by atoms with E-state index >= 15 is 0 Å². The summed E-state index contributed by atoms with van der Waals surface area (Å²) < 4.78 is 22.9. The van der Waals surface area contributed by atoms with Crippen LogP contribution in [0.4, 0.5) is 0 Å². The summed E-state index contributed by atoms with van der Waals surface area (Å²) in [6.45, 7) is 2.79. The van der Waals surface area contributed by atoms with Crippen LogP contribution in [0.15, 0.2) is 12.2 Å². The van der Waals surface area contributed by atoms with Crippen molar-refractivity contribution in [3.05, 3.63) is 12.2 Å². The van der Waals surface area contributed by atoms with Gasteiger partial charge in [0.25, 0.3) is 0 Å². The van der Waals surface area contributed by atoms with Crippen molar-refractivity contribution in [2.75, 3.05) is 26.4 Å². The maximum absolute atomic E-state index is 5.74. The van der Waals surface area contributed by atoms with E-state index in [0.29, 0.717) is 26.4 Å². The van der Waals surface area contributed by atoms with Gasteiger partial charge in [0.05, 0.1) is 26.4 Å². The van der Waals surface area contributed by atoms with Gasteiger partial charge in [-0.15, -0.1) is 0 Å². The van der Waals surface area contributed by atoms with Crippen molar-refractivity contribution >= 4 is 0 Å². The van der Waals surface area contributed by atoms with Crippen molar-refractivity contribution in [1.29, 1.82) is 0 Å². The minimum absolute atomic E-state index is 0.417. The number of hydrogen-bond acceptors (Lipinski definition) is 4. The van der Waals surface area contributed by atoms with Crippen molar-refractivity contribution in [3.63, 3.8) is 0 Å². The Morgan fingerprint density at radius 1 is 0.625 bits per heavy atom. The Labute approximate surface area is 95.5 Å². The third-order valence-corrected chi connectivity index (χ3v) is 3.54. The van der Waals surface area contributed by atoms with Crippen molar-refractivity contribution in [2.24, 2.45) is 0 Å². The molecule has 90 valence electrons. The second kappa shape index (κ2) is 4.11. The summed E-state index contributed by atoms with van der Waals surface area (Å²) in [6, 6.07) is 0. The molecular formula is C12H18O4. The zero-order valence-corrected chi connectivity index (χ0v) is 9.44. The van der Waals surface area contributed by atoms with Crippen molar-refractivity contribution in [1.82, 2.24) is 0 Å². The topological polar surface area (TPSA) is 36.9 Å². The minimum atomic E-state index is -0.417. The summed E-state index contributed by atoms with van der Waals surface area (Å²) >= 11 is 0. The molecule has 4 nitrogen and oxygen atoms in total. The van der Waals surface area contributed by atoms with Crippen molar-refractivity contribution in [2.45, 2.75) is 37.3 Å². The molecule has 3 rings (SSSR count). The molecule has 2 heterocycles. The summed E-state index contributed by atoms with van der Waals surface area (Å²) in [7, 11) is 0. The maximum Gasteiger partial charge on any atom is 0.172 e. The lowest BCUT2D eigenvalue weighted by Crippen LogP contribution is -2.37. The molecule has 2 spiro atoms. The fourth-order valence-electron chi connectivity index (χ4n) is 2.63. The second-order valence-electron chi connectivity index (χ2n) is 4.59. The molecule has 16 heavy (non-hydrogen) atoms. The summed E-state index contributed by atoms with van der Waals surface area (Å²) in [5.41, 5.74) is 0. The van der Waals surface area contributed by atoms with E-state index in [1.54, 1.807) is 0 Å². The number of hydrogen-bond donors (Lipinski definition) is 0. The molecule has 0 aromatic rings. The smallest absolute Gasteiger partial charge is 0.172 e. The Hall–Kier alpha value is -0.420. The van der Waals surface area contributed by atoms with E-state index in [-0.39, 0.29) is 0 Å². The highest BCUT2D eigenvalue weighted by atomic mass is 16.7. The first-order valence-corrected chi connectivity index (χ1v) is 6.04. The van der Waals surface area contributed by atoms with Crippen LogP contribution in [0.2, 0.25) is 0 Å². The Morgan fingerprint density at radius 3 is 1.38 bits per heavy atom. The zero-order valence-electron chi connectivity index (χ0n) is 9.44. The average molecular weight is 226 g/mol. The molecule has 0 N–H and O–H groups in total. The third kappa shape index (κ3) is 1.91. The van der Waals surface area contributed by atoms with Gasteiger partial charge in [-0.1, -0.05) is 12.2 Å². The van der Waals surface area contributed by atoms with E-state index in [2.05, 4.69) is 12.2 Å². The van der Waals surface area contributed by atoms with Crippen LogP contribution >= 0.6 is 0 Å². The summed E-state index contributed by atoms with van der Waals surface area (Å²) in [5, 5.41) is 0. The van der Waals surface area contributed by atoms with Gasteiger partial charge in [-0.2, -0.15) is 0 Å². The molecule has 2 saturated heterocycles. The van der Waals surface area contributed by atoms with Crippen LogP contribution in [0.3, 0.4) is 0 Å². The molecule has 0 radical (unpaired) electrons. The molecule has 2 fully saturated rings. The second-order valence-corrected chi connectivity index (χ2v) is 4.59. The molecule has 4 heteroatoms. The predicted octanol–water partition coefficient (Wildman–Crippen LogP) is 1.60. The van der Waals surface area contributed by atoms with Crippen LogP contribution < -0.4 is 0 Å². The largest absolute Gasteiger partial charge is 0.347 e. The average Bonchev–Trinajstić information content (AvgIpc) is 2.92. The maximum atomic E-state index is 5.74. The fourth-order valence-corrected chi connectivity index (χ4v) is 2.63. The van der Waals surface area contributed by atoms with Crippen molar-refractivity contribution in [3.8, 4) is 0 Å². The molecule has 0 amide bonds. The standard InChI is InChI=1S/C12H18O4/c1-2-4-12(15-9-10-16-12)6-5-11(3-1)13-7-8-14-11/h1-2H,3-10H2/b2-1-. The van der Waals surface area contributed by atoms with E-state index in [0.717, 1.165) is 25.7 Å². The van der Waals surface area contributed by atoms with Crippen LogP contribution in [0.1, 0.15) is 25.7 Å². The highest BCUT2D eigenvalue weighted by molar-refractivity contribution is 4.97. The van der Waals surface area contributed by atoms with Gasteiger partial charge < -0.3 is 18.9 Å². The molecular weight excluding hydrogens is 208 g/mol. The van der Waals surface area contributed by atoms with Gasteiger partial charge in [0, 0.05) is 25.7 Å². The lowest BCUT2D eigenvalue weighted by atomic mass is 9.96. The lowest BCUT2D eigenvalue weighted by molar-refractivity contribution is -0.203. The Kier molecular flexibility index (Phi) is 2.75. The van der Waals surface area contributed by atoms with Gasteiger partial charge in [0.2, 0.25) is 0 Å². The number of ether oxygens (including phenoxy) is 4. The van der Waals surface area contributed by atoms with Crippen LogP contribution in [-0.4, -0.2) is 38.0 Å². The van der Waals surface area contributed by atoms with Crippen LogP contribution in [0, 0.1) is 0 Å². The first kappa shape index (κ1) is 10.7. The molecule has 0 bridgehead atoms. The SMILES string of the molecule is C1=C\CC2(CCC3(C/1)OCCO3)OCCO2. The monoisotopic (exact) mass is 226 g/mol. The molecule has 0 unspecified atom stereocenters. The summed E-state index contributed by atoms with van der Waals surface area (Å²) in [4.78, 5) is 0. The summed E-state index contributed by atoms with van der Waals surface area (Å²) in [6.07, 6.45) is 7.61. The first-order valence-electron chi connectivity index (χ1n) is 6.04. The minimum Gasteiger partial charge on any atom is -0.347 e. The van der Waals surface area contributed by atoms with Gasteiger partial charge in [0.15, 0.2) is 11.6 Å². The first-order chi connectivity index (χ1) is 7.83. The van der Waals surface area contributed by atoms with Crippen LogP contribution in [0.5, 0.6) is 0 Å². The summed E-state index contributed by atoms with van der Waals surface area (Å²) in [5.74, 6) is -0.835. The highest BCUT2D eigenvalue weighted by Crippen LogP contribution is 2.38. The third-order valence-electron chi connectivity index (χ3n) is 3.54. The predicted molar refractivity (Wildman–Crippen MR) is 56.9 cm³/mol. The normalized spacial score (nSPS) is 34.0. The van der Waals surface area contributed by atoms with E-state index in [1.807, 2.05) is 0 Å². The molecule has 0 aromatic carbocycles. The van der Waals surface area contributed by atoms with E-state index in [9.17, 15) is 0 Å². The molecule has 3 aliphatic rings. The van der Waals surface area contributed by atoms with Crippen LogP contribution in [-0.2, 0) is 18.9 Å². The van der Waals surface area contributed by atoms with Gasteiger partial charge >= 0.3 is 0 Å². The quantitative estimate of drug-likeness (QED) is 0.588. The molecule has 2 aliphatic heterocycles. The Morgan fingerprint density at radius 2 is 1.00 bits per heavy atom. The Bertz CT molecular complexity index is 247. The van der Waals surface area contributed by atoms with Gasteiger partial charge in [-0.05, 0) is 0 Å². The number of rotatable bonds is 0. The van der Waals surface area contributed by atoms with Gasteiger partial charge in [-0.25, -0.2) is 0 Å². The Balaban J connectivity index is 1.75. The highest BCUT2D eigenvalue weighted by Gasteiger charge is 2.43. The van der Waals surface area contributed by atoms with E-state index < -0.39 is 11.6 Å². The van der Waals surface area contributed by atoms with Gasteiger partial charge in [-0.3, -0.25) is 0 Å². The van der Waals surface area contributed by atoms with Crippen LogP contribution in [0.25, 0.3) is 0 Å². The fraction of sp³-hybridized carbons (Fsp3) is 0.833. The molecule has 0 aromatic heterocycles. The van der Waals surface area contributed by atoms with E-state index in [1.165, 1.54) is 0 Å². The van der Waals surface area contributed by atoms with E-state index in [4.69, 9.17) is 18.9 Å². The zero-order chi connectivity index (χ0) is 10.9.